The Bertz CT molecular complexity index is 894. The molecule has 402 valence electrons. The molecule has 0 aromatic carbocycles. The van der Waals surface area contributed by atoms with Crippen molar-refractivity contribution in [3.8, 4) is 0 Å². The van der Waals surface area contributed by atoms with Gasteiger partial charge >= 0.3 is 0 Å². The van der Waals surface area contributed by atoms with Crippen LogP contribution in [0.2, 0.25) is 0 Å². The lowest BCUT2D eigenvalue weighted by Crippen LogP contribution is -2.45. The standard InChI is InChI=1S/C63H127NO3/c1-3-5-7-9-11-13-15-17-19-20-21-22-23-24-25-26-27-28-29-30-31-32-33-34-35-36-37-38-39-40-41-42-43-45-47-49-51-53-55-57-59-63(67)64-61(60-65)62(66)58-56-54-52-50-48-46-44-18-16-14-12-10-8-6-4-2/h61-62,65-66H,3-60H2,1-2H3,(H,64,67). The van der Waals surface area contributed by atoms with Crippen LogP contribution in [-0.2, 0) is 4.79 Å². The maximum Gasteiger partial charge on any atom is 0.220 e. The van der Waals surface area contributed by atoms with Gasteiger partial charge < -0.3 is 15.5 Å². The van der Waals surface area contributed by atoms with E-state index < -0.39 is 12.1 Å². The van der Waals surface area contributed by atoms with Crippen molar-refractivity contribution < 1.29 is 15.0 Å². The Labute approximate surface area is 423 Å². The largest absolute Gasteiger partial charge is 0.394 e. The Morgan fingerprint density at radius 3 is 0.672 bits per heavy atom. The van der Waals surface area contributed by atoms with Crippen LogP contribution in [0.25, 0.3) is 0 Å². The predicted molar refractivity (Wildman–Crippen MR) is 300 cm³/mol. The molecule has 0 saturated heterocycles. The zero-order valence-electron chi connectivity index (χ0n) is 46.5. The number of nitrogens with one attached hydrogen (secondary N) is 1. The van der Waals surface area contributed by atoms with Crippen molar-refractivity contribution in [3.63, 3.8) is 0 Å². The topological polar surface area (TPSA) is 69.6 Å². The molecule has 0 radical (unpaired) electrons. The highest BCUT2D eigenvalue weighted by molar-refractivity contribution is 5.76. The highest BCUT2D eigenvalue weighted by atomic mass is 16.3. The lowest BCUT2D eigenvalue weighted by Gasteiger charge is -2.22. The third-order valence-electron chi connectivity index (χ3n) is 15.4. The van der Waals surface area contributed by atoms with E-state index in [2.05, 4.69) is 19.2 Å². The second-order valence-corrected chi connectivity index (χ2v) is 22.2. The Balaban J connectivity index is 3.30. The maximum absolute atomic E-state index is 12.5. The van der Waals surface area contributed by atoms with Crippen LogP contribution in [0, 0.1) is 0 Å². The fourth-order valence-electron chi connectivity index (χ4n) is 10.5. The highest BCUT2D eigenvalue weighted by Gasteiger charge is 2.20. The van der Waals surface area contributed by atoms with E-state index in [0.29, 0.717) is 12.8 Å². The van der Waals surface area contributed by atoms with Gasteiger partial charge in [0.05, 0.1) is 18.8 Å². The lowest BCUT2D eigenvalue weighted by atomic mass is 10.0. The smallest absolute Gasteiger partial charge is 0.220 e. The van der Waals surface area contributed by atoms with Crippen LogP contribution in [0.4, 0.5) is 0 Å². The summed E-state index contributed by atoms with van der Waals surface area (Å²) in [7, 11) is 0. The van der Waals surface area contributed by atoms with Crippen LogP contribution >= 0.6 is 0 Å². The number of hydrogen-bond donors (Lipinski definition) is 3. The molecule has 67 heavy (non-hydrogen) atoms. The van der Waals surface area contributed by atoms with Crippen LogP contribution in [-0.4, -0.2) is 34.9 Å². The zero-order chi connectivity index (χ0) is 48.5. The summed E-state index contributed by atoms with van der Waals surface area (Å²) in [6.07, 6.45) is 77.2. The Morgan fingerprint density at radius 1 is 0.299 bits per heavy atom. The molecule has 0 aromatic heterocycles. The molecular formula is C63H127NO3. The minimum atomic E-state index is -0.654. The summed E-state index contributed by atoms with van der Waals surface area (Å²) in [6.45, 7) is 4.40. The Morgan fingerprint density at radius 2 is 0.478 bits per heavy atom. The maximum atomic E-state index is 12.5. The lowest BCUT2D eigenvalue weighted by molar-refractivity contribution is -0.123. The minimum Gasteiger partial charge on any atom is -0.394 e. The average molecular weight is 947 g/mol. The molecule has 1 amide bonds. The van der Waals surface area contributed by atoms with Gasteiger partial charge in [0, 0.05) is 6.42 Å². The zero-order valence-corrected chi connectivity index (χ0v) is 46.5. The van der Waals surface area contributed by atoms with Gasteiger partial charge in [0.2, 0.25) is 5.91 Å². The summed E-state index contributed by atoms with van der Waals surface area (Å²) < 4.78 is 0. The van der Waals surface area contributed by atoms with E-state index in [1.165, 1.54) is 327 Å². The van der Waals surface area contributed by atoms with Gasteiger partial charge in [-0.15, -0.1) is 0 Å². The van der Waals surface area contributed by atoms with Gasteiger partial charge in [-0.3, -0.25) is 4.79 Å². The van der Waals surface area contributed by atoms with E-state index in [0.717, 1.165) is 25.7 Å². The van der Waals surface area contributed by atoms with Gasteiger partial charge in [-0.2, -0.15) is 0 Å². The number of hydrogen-bond acceptors (Lipinski definition) is 3. The molecule has 3 N–H and O–H groups in total. The van der Waals surface area contributed by atoms with E-state index in [1.807, 2.05) is 0 Å². The fraction of sp³-hybridized carbons (Fsp3) is 0.984. The molecule has 2 atom stereocenters. The van der Waals surface area contributed by atoms with E-state index in [4.69, 9.17) is 0 Å². The highest BCUT2D eigenvalue weighted by Crippen LogP contribution is 2.19. The molecule has 0 spiro atoms. The summed E-state index contributed by atoms with van der Waals surface area (Å²) in [4.78, 5) is 12.5. The van der Waals surface area contributed by atoms with Gasteiger partial charge in [0.1, 0.15) is 0 Å². The van der Waals surface area contributed by atoms with Crippen molar-refractivity contribution in [2.45, 2.75) is 392 Å². The predicted octanol–water partition coefficient (Wildman–Crippen LogP) is 21.1. The van der Waals surface area contributed by atoms with Crippen LogP contribution in [0.5, 0.6) is 0 Å². The quantitative estimate of drug-likeness (QED) is 0.0532. The number of carbonyl (C=O) groups is 1. The van der Waals surface area contributed by atoms with Crippen molar-refractivity contribution in [2.24, 2.45) is 0 Å². The second-order valence-electron chi connectivity index (χ2n) is 22.2. The Kier molecular flexibility index (Phi) is 59.2. The molecule has 0 saturated carbocycles. The summed E-state index contributed by atoms with van der Waals surface area (Å²) in [5.74, 6) is -0.0220. The first-order valence-electron chi connectivity index (χ1n) is 31.7. The van der Waals surface area contributed by atoms with Crippen LogP contribution < -0.4 is 5.32 Å². The normalized spacial score (nSPS) is 12.6. The van der Waals surface area contributed by atoms with E-state index in [9.17, 15) is 15.0 Å². The first kappa shape index (κ1) is 66.4. The molecular weight excluding hydrogens is 819 g/mol. The van der Waals surface area contributed by atoms with Gasteiger partial charge in [-0.25, -0.2) is 0 Å². The van der Waals surface area contributed by atoms with Gasteiger partial charge in [-0.05, 0) is 12.8 Å². The van der Waals surface area contributed by atoms with Crippen molar-refractivity contribution in [2.75, 3.05) is 6.61 Å². The average Bonchev–Trinajstić information content (AvgIpc) is 3.33. The summed E-state index contributed by atoms with van der Waals surface area (Å²) in [6, 6.07) is -0.531. The molecule has 0 fully saturated rings. The fourth-order valence-corrected chi connectivity index (χ4v) is 10.5. The molecule has 4 heteroatoms. The van der Waals surface area contributed by atoms with Crippen molar-refractivity contribution in [3.05, 3.63) is 0 Å². The van der Waals surface area contributed by atoms with Crippen LogP contribution in [0.15, 0.2) is 0 Å². The SMILES string of the molecule is CCCCCCCCCCCCCCCCCCCCCCCCCCCCCCCCCCCCCCCCCCC(=O)NC(CO)C(O)CCCCCCCCCCCCCCCCC. The van der Waals surface area contributed by atoms with Gasteiger partial charge in [0.25, 0.3) is 0 Å². The molecule has 0 rings (SSSR count). The van der Waals surface area contributed by atoms with Gasteiger partial charge in [-0.1, -0.05) is 361 Å². The first-order chi connectivity index (χ1) is 33.2. The summed E-state index contributed by atoms with van der Waals surface area (Å²) in [5.41, 5.74) is 0. The molecule has 0 aliphatic heterocycles. The number of unbranched alkanes of at least 4 members (excludes halogenated alkanes) is 53. The van der Waals surface area contributed by atoms with E-state index >= 15 is 0 Å². The number of amides is 1. The van der Waals surface area contributed by atoms with Gasteiger partial charge in [0.15, 0.2) is 0 Å². The molecule has 0 aliphatic carbocycles. The summed E-state index contributed by atoms with van der Waals surface area (Å²) in [5, 5.41) is 23.3. The van der Waals surface area contributed by atoms with Crippen LogP contribution in [0.3, 0.4) is 0 Å². The summed E-state index contributed by atoms with van der Waals surface area (Å²) >= 11 is 0. The monoisotopic (exact) mass is 946 g/mol. The van der Waals surface area contributed by atoms with E-state index in [1.54, 1.807) is 0 Å². The molecule has 0 aromatic rings. The molecule has 0 heterocycles. The number of carbonyl (C=O) groups excluding carboxylic acids is 1. The number of aliphatic hydroxyl groups is 2. The molecule has 4 nitrogen and oxygen atoms in total. The van der Waals surface area contributed by atoms with Crippen molar-refractivity contribution >= 4 is 5.91 Å². The second kappa shape index (κ2) is 59.7. The van der Waals surface area contributed by atoms with Crippen LogP contribution in [0.1, 0.15) is 380 Å². The van der Waals surface area contributed by atoms with Crippen molar-refractivity contribution in [1.82, 2.24) is 5.32 Å². The minimum absolute atomic E-state index is 0.0220. The third-order valence-corrected chi connectivity index (χ3v) is 15.4. The third kappa shape index (κ3) is 56.2. The molecule has 2 unspecified atom stereocenters. The Hall–Kier alpha value is -0.610. The molecule has 0 bridgehead atoms. The number of rotatable bonds is 60. The number of aliphatic hydroxyl groups excluding tert-OH is 2. The van der Waals surface area contributed by atoms with Crippen molar-refractivity contribution in [1.29, 1.82) is 0 Å². The first-order valence-corrected chi connectivity index (χ1v) is 31.7. The molecule has 0 aliphatic rings. The van der Waals surface area contributed by atoms with E-state index in [-0.39, 0.29) is 12.5 Å².